The Bertz CT molecular complexity index is 95.3. The minimum absolute atomic E-state index is 0.153. The average Bonchev–Trinajstić information content (AvgIpc) is 1.64. The lowest BCUT2D eigenvalue weighted by atomic mass is 10.7. The number of thiocarbonyl (C=S) groups is 1. The maximum atomic E-state index is 8.54. The van der Waals surface area contributed by atoms with Gasteiger partial charge in [-0.15, -0.1) is 0 Å². The topological polar surface area (TPSA) is 43.7 Å². The van der Waals surface area contributed by atoms with Crippen LogP contribution in [0.3, 0.4) is 0 Å². The molecule has 0 aromatic heterocycles. The second-order valence-electron chi connectivity index (χ2n) is 1.24. The summed E-state index contributed by atoms with van der Waals surface area (Å²) < 4.78 is -0.153. The molecule has 2 N–H and O–H groups in total. The molecule has 5 heteroatoms. The van der Waals surface area contributed by atoms with Crippen LogP contribution in [0.4, 0.5) is 0 Å². The van der Waals surface area contributed by atoms with Crippen molar-refractivity contribution >= 4 is 29.2 Å². The van der Waals surface area contributed by atoms with Crippen molar-refractivity contribution in [1.82, 2.24) is 5.06 Å². The van der Waals surface area contributed by atoms with Crippen molar-refractivity contribution in [1.29, 1.82) is 0 Å². The first kappa shape index (κ1) is 8.03. The SMILES string of the molecule is CC(O)N(O)C(=S)[S-]. The van der Waals surface area contributed by atoms with Gasteiger partial charge in [0.05, 0.1) is 0 Å². The van der Waals surface area contributed by atoms with Gasteiger partial charge in [-0.3, -0.25) is 5.21 Å². The highest BCUT2D eigenvalue weighted by Gasteiger charge is 1.99. The Morgan fingerprint density at radius 1 is 1.88 bits per heavy atom. The molecule has 0 saturated heterocycles. The highest BCUT2D eigenvalue weighted by Crippen LogP contribution is 1.89. The first-order valence-electron chi connectivity index (χ1n) is 1.93. The van der Waals surface area contributed by atoms with E-state index in [9.17, 15) is 0 Å². The predicted molar refractivity (Wildman–Crippen MR) is 35.3 cm³/mol. The summed E-state index contributed by atoms with van der Waals surface area (Å²) in [5.74, 6) is 0. The summed E-state index contributed by atoms with van der Waals surface area (Å²) in [5, 5.41) is 17.5. The summed E-state index contributed by atoms with van der Waals surface area (Å²) in [5.41, 5.74) is 0. The molecule has 0 saturated carbocycles. The van der Waals surface area contributed by atoms with Gasteiger partial charge < -0.3 is 30.0 Å². The second-order valence-corrected chi connectivity index (χ2v) is 2.27. The van der Waals surface area contributed by atoms with Gasteiger partial charge in [0.1, 0.15) is 6.23 Å². The molecule has 0 aliphatic rings. The summed E-state index contributed by atoms with van der Waals surface area (Å²) >= 11 is 8.65. The fourth-order valence-corrected chi connectivity index (χ4v) is 0.458. The zero-order valence-electron chi connectivity index (χ0n) is 4.24. The fourth-order valence-electron chi connectivity index (χ4n) is 0.153. The lowest BCUT2D eigenvalue weighted by molar-refractivity contribution is -0.123. The second kappa shape index (κ2) is 3.13. The smallest absolute Gasteiger partial charge is 0.146 e. The van der Waals surface area contributed by atoms with Gasteiger partial charge in [0.25, 0.3) is 0 Å². The van der Waals surface area contributed by atoms with E-state index in [1.54, 1.807) is 0 Å². The minimum atomic E-state index is -1.01. The number of nitrogens with zero attached hydrogens (tertiary/aromatic N) is 1. The van der Waals surface area contributed by atoms with Crippen molar-refractivity contribution in [3.05, 3.63) is 0 Å². The Morgan fingerprint density at radius 2 is 2.25 bits per heavy atom. The van der Waals surface area contributed by atoms with Crippen LogP contribution in [0.1, 0.15) is 6.92 Å². The van der Waals surface area contributed by atoms with Gasteiger partial charge in [0.15, 0.2) is 0 Å². The van der Waals surface area contributed by atoms with Crippen LogP contribution < -0.4 is 0 Å². The van der Waals surface area contributed by atoms with Gasteiger partial charge in [-0.1, -0.05) is 0 Å². The third-order valence-electron chi connectivity index (χ3n) is 0.541. The average molecular weight is 152 g/mol. The lowest BCUT2D eigenvalue weighted by Crippen LogP contribution is -2.32. The van der Waals surface area contributed by atoms with Crippen LogP contribution in [0.5, 0.6) is 0 Å². The molecular weight excluding hydrogens is 146 g/mol. The summed E-state index contributed by atoms with van der Waals surface area (Å²) in [4.78, 5) is 0. The Balaban J connectivity index is 3.64. The summed E-state index contributed by atoms with van der Waals surface area (Å²) in [6.45, 7) is 1.36. The number of hydrogen-bond donors (Lipinski definition) is 2. The minimum Gasteiger partial charge on any atom is -0.409 e. The van der Waals surface area contributed by atoms with Crippen LogP contribution >= 0.6 is 12.2 Å². The lowest BCUT2D eigenvalue weighted by Gasteiger charge is -2.22. The summed E-state index contributed by atoms with van der Waals surface area (Å²) in [6.07, 6.45) is -1.01. The molecule has 0 bridgehead atoms. The van der Waals surface area contributed by atoms with Crippen LogP contribution in [-0.4, -0.2) is 25.9 Å². The third kappa shape index (κ3) is 2.37. The number of hydrogen-bond acceptors (Lipinski definition) is 4. The molecule has 48 valence electrons. The quantitative estimate of drug-likeness (QED) is 0.237. The van der Waals surface area contributed by atoms with Gasteiger partial charge in [-0.25, -0.2) is 5.06 Å². The van der Waals surface area contributed by atoms with Crippen LogP contribution in [0.2, 0.25) is 0 Å². The van der Waals surface area contributed by atoms with Crippen molar-refractivity contribution < 1.29 is 10.3 Å². The molecule has 0 rings (SSSR count). The van der Waals surface area contributed by atoms with Gasteiger partial charge >= 0.3 is 0 Å². The van der Waals surface area contributed by atoms with E-state index in [1.807, 2.05) is 0 Å². The van der Waals surface area contributed by atoms with E-state index >= 15 is 0 Å². The number of aliphatic hydroxyl groups excluding tert-OH is 1. The number of rotatable bonds is 1. The van der Waals surface area contributed by atoms with E-state index in [2.05, 4.69) is 24.8 Å². The van der Waals surface area contributed by atoms with E-state index in [0.717, 1.165) is 0 Å². The molecule has 0 radical (unpaired) electrons. The van der Waals surface area contributed by atoms with Gasteiger partial charge in [0, 0.05) is 0 Å². The first-order valence-corrected chi connectivity index (χ1v) is 2.74. The zero-order valence-corrected chi connectivity index (χ0v) is 5.87. The molecule has 0 fully saturated rings. The molecule has 0 aliphatic heterocycles. The largest absolute Gasteiger partial charge is 0.409 e. The molecule has 0 aromatic rings. The van der Waals surface area contributed by atoms with Gasteiger partial charge in [0.2, 0.25) is 0 Å². The predicted octanol–water partition coefficient (Wildman–Crippen LogP) is -0.152. The standard InChI is InChI=1S/C3H7NO2S2/c1-2(5)4(6)3(7)8/h2,5-6H,1H3,(H,7,8)/p-1. The molecule has 0 amide bonds. The van der Waals surface area contributed by atoms with Crippen molar-refractivity contribution in [3.63, 3.8) is 0 Å². The van der Waals surface area contributed by atoms with Gasteiger partial charge in [-0.05, 0) is 11.2 Å². The van der Waals surface area contributed by atoms with Crippen molar-refractivity contribution in [2.24, 2.45) is 0 Å². The van der Waals surface area contributed by atoms with Crippen molar-refractivity contribution in [2.75, 3.05) is 0 Å². The number of aliphatic hydroxyl groups is 1. The molecule has 3 nitrogen and oxygen atoms in total. The Kier molecular flexibility index (Phi) is 3.15. The fraction of sp³-hybridized carbons (Fsp3) is 0.667. The normalized spacial score (nSPS) is 12.9. The van der Waals surface area contributed by atoms with E-state index in [-0.39, 0.29) is 4.32 Å². The van der Waals surface area contributed by atoms with E-state index < -0.39 is 6.23 Å². The Labute approximate surface area is 58.3 Å². The maximum absolute atomic E-state index is 8.54. The molecule has 0 spiro atoms. The summed E-state index contributed by atoms with van der Waals surface area (Å²) in [6, 6.07) is 0. The molecular formula is C3H6NO2S2-. The van der Waals surface area contributed by atoms with E-state index in [1.165, 1.54) is 6.92 Å². The van der Waals surface area contributed by atoms with Crippen molar-refractivity contribution in [3.8, 4) is 0 Å². The molecule has 0 heterocycles. The van der Waals surface area contributed by atoms with Crippen LogP contribution in [0, 0.1) is 0 Å². The Hall–Kier alpha value is 0.0300. The van der Waals surface area contributed by atoms with Crippen LogP contribution in [0.25, 0.3) is 0 Å². The highest BCUT2D eigenvalue weighted by atomic mass is 32.1. The third-order valence-corrected chi connectivity index (χ3v) is 0.915. The molecule has 0 aromatic carbocycles. The molecule has 1 atom stereocenters. The zero-order chi connectivity index (χ0) is 6.73. The van der Waals surface area contributed by atoms with E-state index in [4.69, 9.17) is 10.3 Å². The van der Waals surface area contributed by atoms with Crippen LogP contribution in [-0.2, 0) is 12.6 Å². The van der Waals surface area contributed by atoms with Crippen LogP contribution in [0.15, 0.2) is 0 Å². The monoisotopic (exact) mass is 152 g/mol. The molecule has 0 aliphatic carbocycles. The van der Waals surface area contributed by atoms with Gasteiger partial charge in [-0.2, -0.15) is 0 Å². The number of hydroxylamine groups is 2. The first-order chi connectivity index (χ1) is 3.55. The Morgan fingerprint density at radius 3 is 2.25 bits per heavy atom. The van der Waals surface area contributed by atoms with Crippen molar-refractivity contribution in [2.45, 2.75) is 13.2 Å². The highest BCUT2D eigenvalue weighted by molar-refractivity contribution is 8.00. The van der Waals surface area contributed by atoms with E-state index in [0.29, 0.717) is 5.06 Å². The molecule has 1 unspecified atom stereocenters. The summed E-state index contributed by atoms with van der Waals surface area (Å²) in [7, 11) is 0. The molecule has 8 heavy (non-hydrogen) atoms. The maximum Gasteiger partial charge on any atom is 0.146 e.